The zero-order chi connectivity index (χ0) is 20.7. The maximum absolute atomic E-state index is 13.1. The smallest absolute Gasteiger partial charge is 0.417 e. The number of benzene rings is 1. The molecule has 0 aliphatic carbocycles. The Morgan fingerprint density at radius 2 is 1.75 bits per heavy atom. The number of rotatable bonds is 4. The summed E-state index contributed by atoms with van der Waals surface area (Å²) >= 11 is 0. The molecule has 0 radical (unpaired) electrons. The number of carbonyl (C=O) groups excluding carboxylic acids is 3. The lowest BCUT2D eigenvalue weighted by Gasteiger charge is -2.34. The fraction of sp³-hybridized carbons (Fsp3) is 0.412. The molecule has 1 fully saturated rings. The van der Waals surface area contributed by atoms with Crippen molar-refractivity contribution in [3.8, 4) is 0 Å². The molecule has 1 heterocycles. The van der Waals surface area contributed by atoms with Crippen LogP contribution in [0.2, 0.25) is 0 Å². The molecule has 0 unspecified atom stereocenters. The lowest BCUT2D eigenvalue weighted by atomic mass is 10.1. The number of hydrogen-bond acceptors (Lipinski definition) is 5. The van der Waals surface area contributed by atoms with Crippen molar-refractivity contribution in [2.45, 2.75) is 13.1 Å². The molecule has 0 spiro atoms. The number of ether oxygens (including phenoxy) is 1. The molecule has 152 valence electrons. The van der Waals surface area contributed by atoms with Gasteiger partial charge in [0.15, 0.2) is 0 Å². The second-order valence-electron chi connectivity index (χ2n) is 5.75. The molecule has 2 rings (SSSR count). The summed E-state index contributed by atoms with van der Waals surface area (Å²) in [6, 6.07) is 3.99. The van der Waals surface area contributed by atoms with Crippen LogP contribution in [-0.2, 0) is 15.7 Å². The first kappa shape index (κ1) is 21.2. The van der Waals surface area contributed by atoms with Crippen molar-refractivity contribution in [1.82, 2.24) is 15.2 Å². The number of halogens is 3. The first-order chi connectivity index (χ1) is 13.2. The maximum atomic E-state index is 13.1. The van der Waals surface area contributed by atoms with Gasteiger partial charge in [-0.3, -0.25) is 4.79 Å². The topological polar surface area (TPSA) is 91.3 Å². The number of esters is 1. The molecule has 0 atom stereocenters. The molecule has 8 nitrogen and oxygen atoms in total. The highest BCUT2D eigenvalue weighted by Crippen LogP contribution is 2.32. The normalized spacial score (nSPS) is 14.9. The van der Waals surface area contributed by atoms with Gasteiger partial charge in [-0.2, -0.15) is 18.3 Å². The molecule has 1 N–H and O–H groups in total. The van der Waals surface area contributed by atoms with E-state index in [-0.39, 0.29) is 32.8 Å². The van der Waals surface area contributed by atoms with Gasteiger partial charge in [-0.05, 0) is 19.1 Å². The van der Waals surface area contributed by atoms with Crippen LogP contribution in [0.1, 0.15) is 22.8 Å². The highest BCUT2D eigenvalue weighted by Gasteiger charge is 2.36. The number of nitrogens with one attached hydrogen (secondary N) is 1. The van der Waals surface area contributed by atoms with Crippen LogP contribution in [0.4, 0.5) is 18.0 Å². The molecular formula is C17H19F3N4O4. The molecule has 1 aliphatic heterocycles. The predicted molar refractivity (Wildman–Crippen MR) is 92.6 cm³/mol. The van der Waals surface area contributed by atoms with Gasteiger partial charge >= 0.3 is 18.2 Å². The predicted octanol–water partition coefficient (Wildman–Crippen LogP) is 1.72. The fourth-order valence-corrected chi connectivity index (χ4v) is 2.59. The molecule has 1 aromatic rings. The lowest BCUT2D eigenvalue weighted by Crippen LogP contribution is -2.52. The number of urea groups is 1. The Morgan fingerprint density at radius 1 is 1.14 bits per heavy atom. The molecule has 0 saturated carbocycles. The van der Waals surface area contributed by atoms with Crippen molar-refractivity contribution in [1.29, 1.82) is 0 Å². The molecule has 3 amide bonds. The van der Waals surface area contributed by atoms with Gasteiger partial charge in [0.1, 0.15) is 6.21 Å². The summed E-state index contributed by atoms with van der Waals surface area (Å²) in [4.78, 5) is 38.1. The lowest BCUT2D eigenvalue weighted by molar-refractivity contribution is -0.138. The maximum Gasteiger partial charge on any atom is 0.417 e. The summed E-state index contributed by atoms with van der Waals surface area (Å²) in [6.45, 7) is 2.16. The van der Waals surface area contributed by atoms with E-state index in [1.807, 2.05) is 0 Å². The molecule has 11 heteroatoms. The van der Waals surface area contributed by atoms with E-state index in [9.17, 15) is 27.6 Å². The first-order valence-corrected chi connectivity index (χ1v) is 8.44. The molecule has 1 aromatic carbocycles. The Hall–Kier alpha value is -3.11. The van der Waals surface area contributed by atoms with E-state index in [4.69, 9.17) is 0 Å². The average molecular weight is 400 g/mol. The van der Waals surface area contributed by atoms with Crippen LogP contribution in [0.15, 0.2) is 29.4 Å². The van der Waals surface area contributed by atoms with Crippen LogP contribution in [-0.4, -0.2) is 66.7 Å². The van der Waals surface area contributed by atoms with Crippen LogP contribution in [0, 0.1) is 0 Å². The van der Waals surface area contributed by atoms with Crippen LogP contribution in [0.25, 0.3) is 0 Å². The van der Waals surface area contributed by atoms with Gasteiger partial charge in [-0.1, -0.05) is 12.1 Å². The molecular weight excluding hydrogens is 381 g/mol. The second-order valence-corrected chi connectivity index (χ2v) is 5.75. The highest BCUT2D eigenvalue weighted by atomic mass is 19.4. The van der Waals surface area contributed by atoms with Crippen molar-refractivity contribution in [2.24, 2.45) is 5.10 Å². The minimum absolute atomic E-state index is 0.0695. The Kier molecular flexibility index (Phi) is 6.96. The van der Waals surface area contributed by atoms with E-state index in [1.165, 1.54) is 21.9 Å². The Balaban J connectivity index is 1.93. The van der Waals surface area contributed by atoms with Gasteiger partial charge in [0.25, 0.3) is 5.91 Å². The van der Waals surface area contributed by atoms with E-state index in [0.29, 0.717) is 0 Å². The van der Waals surface area contributed by atoms with Gasteiger partial charge in [-0.15, -0.1) is 0 Å². The van der Waals surface area contributed by atoms with Crippen molar-refractivity contribution < 1.29 is 32.3 Å². The highest BCUT2D eigenvalue weighted by molar-refractivity contribution is 6.23. The zero-order valence-corrected chi connectivity index (χ0v) is 15.0. The third-order valence-electron chi connectivity index (χ3n) is 3.93. The van der Waals surface area contributed by atoms with E-state index in [0.717, 1.165) is 18.3 Å². The average Bonchev–Trinajstić information content (AvgIpc) is 2.67. The quantitative estimate of drug-likeness (QED) is 0.473. The molecule has 0 aromatic heterocycles. The van der Waals surface area contributed by atoms with E-state index in [1.54, 1.807) is 6.92 Å². The summed E-state index contributed by atoms with van der Waals surface area (Å²) in [6.07, 6.45) is -3.82. The van der Waals surface area contributed by atoms with Gasteiger partial charge in [0.2, 0.25) is 0 Å². The van der Waals surface area contributed by atoms with Crippen molar-refractivity contribution in [2.75, 3.05) is 32.8 Å². The number of hydrogen-bond donors (Lipinski definition) is 1. The van der Waals surface area contributed by atoms with Crippen LogP contribution < -0.4 is 5.43 Å². The largest absolute Gasteiger partial charge is 0.462 e. The third-order valence-corrected chi connectivity index (χ3v) is 3.93. The number of piperazine rings is 1. The number of alkyl halides is 3. The number of amides is 3. The van der Waals surface area contributed by atoms with Crippen LogP contribution in [0.3, 0.4) is 0 Å². The Morgan fingerprint density at radius 3 is 2.36 bits per heavy atom. The fourth-order valence-electron chi connectivity index (χ4n) is 2.59. The Bertz CT molecular complexity index is 759. The summed E-state index contributed by atoms with van der Waals surface area (Å²) in [7, 11) is 0. The van der Waals surface area contributed by atoms with Gasteiger partial charge < -0.3 is 14.5 Å². The standard InChI is InChI=1S/C17H19F3N4O4/c1-2-28-14(25)11-21-22-16(27)24-9-7-23(8-10-24)15(26)12-5-3-4-6-13(12)17(18,19)20/h3-6,11H,2,7-10H2,1H3,(H,22,27)/b21-11+. The summed E-state index contributed by atoms with van der Waals surface area (Å²) < 4.78 is 43.9. The van der Waals surface area contributed by atoms with Crippen LogP contribution in [0.5, 0.6) is 0 Å². The monoisotopic (exact) mass is 400 g/mol. The van der Waals surface area contributed by atoms with E-state index >= 15 is 0 Å². The van der Waals surface area contributed by atoms with Gasteiger partial charge in [0, 0.05) is 26.2 Å². The van der Waals surface area contributed by atoms with Crippen LogP contribution >= 0.6 is 0 Å². The molecule has 1 aliphatic rings. The van der Waals surface area contributed by atoms with Crippen molar-refractivity contribution >= 4 is 24.1 Å². The summed E-state index contributed by atoms with van der Waals surface area (Å²) in [5, 5.41) is 3.46. The van der Waals surface area contributed by atoms with E-state index < -0.39 is 35.2 Å². The van der Waals surface area contributed by atoms with Gasteiger partial charge in [0.05, 0.1) is 17.7 Å². The SMILES string of the molecule is CCOC(=O)/C=N/NC(=O)N1CCN(C(=O)c2ccccc2C(F)(F)F)CC1. The first-order valence-electron chi connectivity index (χ1n) is 8.44. The number of hydrazone groups is 1. The molecule has 28 heavy (non-hydrogen) atoms. The van der Waals surface area contributed by atoms with Gasteiger partial charge in [-0.25, -0.2) is 15.0 Å². The number of carbonyl (C=O) groups is 3. The Labute approximate surface area is 158 Å². The zero-order valence-electron chi connectivity index (χ0n) is 15.0. The summed E-state index contributed by atoms with van der Waals surface area (Å²) in [5.74, 6) is -1.45. The minimum Gasteiger partial charge on any atom is -0.462 e. The van der Waals surface area contributed by atoms with Crippen molar-refractivity contribution in [3.63, 3.8) is 0 Å². The number of nitrogens with zero attached hydrogens (tertiary/aromatic N) is 3. The minimum atomic E-state index is -4.63. The molecule has 1 saturated heterocycles. The van der Waals surface area contributed by atoms with E-state index in [2.05, 4.69) is 15.3 Å². The third kappa shape index (κ3) is 5.44. The van der Waals surface area contributed by atoms with Crippen molar-refractivity contribution in [3.05, 3.63) is 35.4 Å². The summed E-state index contributed by atoms with van der Waals surface area (Å²) in [5.41, 5.74) is 0.734. The molecule has 0 bridgehead atoms. The second kappa shape index (κ2) is 9.20.